The van der Waals surface area contributed by atoms with Crippen molar-refractivity contribution in [2.24, 2.45) is 0 Å². The molecule has 0 spiro atoms. The van der Waals surface area contributed by atoms with Gasteiger partial charge in [-0.3, -0.25) is 4.79 Å². The van der Waals surface area contributed by atoms with Crippen molar-refractivity contribution in [2.75, 3.05) is 19.7 Å². The number of carbonyl (C=O) groups is 1. The van der Waals surface area contributed by atoms with Crippen LogP contribution < -0.4 is 5.32 Å². The van der Waals surface area contributed by atoms with Crippen molar-refractivity contribution in [1.29, 1.82) is 0 Å². The molecular formula is C6H13NO2. The van der Waals surface area contributed by atoms with Crippen LogP contribution in [0.15, 0.2) is 0 Å². The molecule has 1 fully saturated rings. The number of hydrogen-bond acceptors (Lipinski definition) is 3. The highest BCUT2D eigenvalue weighted by atomic mass is 16.5. The van der Waals surface area contributed by atoms with E-state index in [1.54, 1.807) is 6.92 Å². The Balaban J connectivity index is 0.000000144. The molecule has 3 heteroatoms. The molecule has 3 nitrogen and oxygen atoms in total. The Bertz CT molecular complexity index is 58.1. The Hall–Kier alpha value is -0.570. The van der Waals surface area contributed by atoms with Gasteiger partial charge in [0.15, 0.2) is 0 Å². The SMILES string of the molecule is C1CNC1.CCOC=O. The van der Waals surface area contributed by atoms with Crippen molar-refractivity contribution < 1.29 is 9.53 Å². The Kier molecular flexibility index (Phi) is 6.96. The lowest BCUT2D eigenvalue weighted by molar-refractivity contribution is -0.128. The van der Waals surface area contributed by atoms with Crippen LogP contribution >= 0.6 is 0 Å². The summed E-state index contributed by atoms with van der Waals surface area (Å²) < 4.78 is 4.15. The summed E-state index contributed by atoms with van der Waals surface area (Å²) in [7, 11) is 0. The summed E-state index contributed by atoms with van der Waals surface area (Å²) in [6.45, 7) is 5.16. The smallest absolute Gasteiger partial charge is 0.293 e. The van der Waals surface area contributed by atoms with E-state index in [1.807, 2.05) is 0 Å². The average Bonchev–Trinajstić information content (AvgIpc) is 1.63. The predicted molar refractivity (Wildman–Crippen MR) is 35.2 cm³/mol. The van der Waals surface area contributed by atoms with Crippen LogP contribution in [0.2, 0.25) is 0 Å². The zero-order valence-corrected chi connectivity index (χ0v) is 5.72. The zero-order chi connectivity index (χ0) is 6.95. The van der Waals surface area contributed by atoms with E-state index in [4.69, 9.17) is 0 Å². The monoisotopic (exact) mass is 131 g/mol. The maximum absolute atomic E-state index is 9.18. The van der Waals surface area contributed by atoms with Gasteiger partial charge in [0.25, 0.3) is 6.47 Å². The highest BCUT2D eigenvalue weighted by Crippen LogP contribution is 1.80. The van der Waals surface area contributed by atoms with Gasteiger partial charge in [-0.25, -0.2) is 0 Å². The first-order valence-electron chi connectivity index (χ1n) is 3.17. The van der Waals surface area contributed by atoms with E-state index in [1.165, 1.54) is 19.5 Å². The summed E-state index contributed by atoms with van der Waals surface area (Å²) in [5.74, 6) is 0. The molecule has 1 aliphatic rings. The van der Waals surface area contributed by atoms with E-state index in [9.17, 15) is 4.79 Å². The summed E-state index contributed by atoms with van der Waals surface area (Å²) >= 11 is 0. The second-order valence-corrected chi connectivity index (χ2v) is 1.66. The Labute approximate surface area is 55.4 Å². The number of carbonyl (C=O) groups excluding carboxylic acids is 1. The highest BCUT2D eigenvalue weighted by Gasteiger charge is 1.92. The minimum absolute atomic E-state index is 0.431. The fourth-order valence-corrected chi connectivity index (χ4v) is 0.245. The molecule has 0 aromatic heterocycles. The number of hydrogen-bond donors (Lipinski definition) is 1. The second-order valence-electron chi connectivity index (χ2n) is 1.66. The van der Waals surface area contributed by atoms with E-state index >= 15 is 0 Å². The lowest BCUT2D eigenvalue weighted by Gasteiger charge is -2.09. The normalized spacial score (nSPS) is 14.3. The molecule has 1 saturated heterocycles. The maximum Gasteiger partial charge on any atom is 0.293 e. The molecule has 0 atom stereocenters. The number of rotatable bonds is 2. The van der Waals surface area contributed by atoms with Crippen molar-refractivity contribution in [3.8, 4) is 0 Å². The van der Waals surface area contributed by atoms with E-state index in [0.29, 0.717) is 13.1 Å². The molecule has 0 aliphatic carbocycles. The summed E-state index contributed by atoms with van der Waals surface area (Å²) in [6.07, 6.45) is 1.39. The molecule has 1 aliphatic heterocycles. The van der Waals surface area contributed by atoms with Crippen molar-refractivity contribution in [2.45, 2.75) is 13.3 Å². The van der Waals surface area contributed by atoms with Gasteiger partial charge in [-0.15, -0.1) is 0 Å². The molecule has 0 aromatic carbocycles. The van der Waals surface area contributed by atoms with E-state index in [2.05, 4.69) is 10.1 Å². The third kappa shape index (κ3) is 7.43. The largest absolute Gasteiger partial charge is 0.468 e. The maximum atomic E-state index is 9.18. The molecule has 0 saturated carbocycles. The van der Waals surface area contributed by atoms with Crippen molar-refractivity contribution in [3.63, 3.8) is 0 Å². The quantitative estimate of drug-likeness (QED) is 0.542. The van der Waals surface area contributed by atoms with Crippen LogP contribution in [0.5, 0.6) is 0 Å². The van der Waals surface area contributed by atoms with Crippen LogP contribution in [-0.4, -0.2) is 26.2 Å². The van der Waals surface area contributed by atoms with Gasteiger partial charge in [-0.1, -0.05) is 0 Å². The molecule has 1 heterocycles. The Morgan fingerprint density at radius 3 is 2.11 bits per heavy atom. The van der Waals surface area contributed by atoms with Gasteiger partial charge >= 0.3 is 0 Å². The summed E-state index contributed by atoms with van der Waals surface area (Å²) in [6, 6.07) is 0. The molecule has 0 aromatic rings. The van der Waals surface area contributed by atoms with Crippen molar-refractivity contribution >= 4 is 6.47 Å². The molecule has 1 rings (SSSR count). The molecule has 54 valence electrons. The predicted octanol–water partition coefficient (Wildman–Crippen LogP) is 0.159. The minimum atomic E-state index is 0.431. The first-order valence-corrected chi connectivity index (χ1v) is 3.17. The Morgan fingerprint density at radius 1 is 1.67 bits per heavy atom. The molecule has 1 N–H and O–H groups in total. The molecule has 9 heavy (non-hydrogen) atoms. The third-order valence-corrected chi connectivity index (χ3v) is 0.942. The first kappa shape index (κ1) is 8.43. The van der Waals surface area contributed by atoms with Gasteiger partial charge in [0, 0.05) is 0 Å². The van der Waals surface area contributed by atoms with E-state index in [-0.39, 0.29) is 0 Å². The van der Waals surface area contributed by atoms with E-state index < -0.39 is 0 Å². The van der Waals surface area contributed by atoms with Crippen LogP contribution in [0, 0.1) is 0 Å². The fourth-order valence-electron chi connectivity index (χ4n) is 0.245. The van der Waals surface area contributed by atoms with Crippen LogP contribution in [0.3, 0.4) is 0 Å². The van der Waals surface area contributed by atoms with Crippen LogP contribution in [-0.2, 0) is 9.53 Å². The molecule has 0 unspecified atom stereocenters. The second kappa shape index (κ2) is 7.43. The average molecular weight is 131 g/mol. The fraction of sp³-hybridized carbons (Fsp3) is 0.833. The third-order valence-electron chi connectivity index (χ3n) is 0.942. The lowest BCUT2D eigenvalue weighted by Crippen LogP contribution is -2.29. The standard InChI is InChI=1S/C3H7N.C3H6O2/c1-2-4-3-1;1-2-5-3-4/h4H,1-3H2;3H,2H2,1H3. The summed E-state index contributed by atoms with van der Waals surface area (Å²) in [5, 5.41) is 3.11. The summed E-state index contributed by atoms with van der Waals surface area (Å²) in [5.41, 5.74) is 0. The first-order chi connectivity index (χ1) is 4.41. The highest BCUT2D eigenvalue weighted by molar-refractivity contribution is 5.36. The summed E-state index contributed by atoms with van der Waals surface area (Å²) in [4.78, 5) is 9.18. The van der Waals surface area contributed by atoms with Gasteiger partial charge in [0.1, 0.15) is 0 Å². The molecule has 0 radical (unpaired) electrons. The molecular weight excluding hydrogens is 118 g/mol. The number of nitrogens with one attached hydrogen (secondary N) is 1. The van der Waals surface area contributed by atoms with Gasteiger partial charge in [-0.05, 0) is 26.4 Å². The topological polar surface area (TPSA) is 38.3 Å². The van der Waals surface area contributed by atoms with Gasteiger partial charge in [0.2, 0.25) is 0 Å². The Morgan fingerprint density at radius 2 is 2.11 bits per heavy atom. The van der Waals surface area contributed by atoms with Crippen molar-refractivity contribution in [3.05, 3.63) is 0 Å². The minimum Gasteiger partial charge on any atom is -0.468 e. The van der Waals surface area contributed by atoms with Gasteiger partial charge < -0.3 is 10.1 Å². The van der Waals surface area contributed by atoms with Crippen LogP contribution in [0.25, 0.3) is 0 Å². The van der Waals surface area contributed by atoms with Gasteiger partial charge in [-0.2, -0.15) is 0 Å². The molecule has 0 bridgehead atoms. The van der Waals surface area contributed by atoms with Crippen molar-refractivity contribution in [1.82, 2.24) is 5.32 Å². The number of ether oxygens (including phenoxy) is 1. The van der Waals surface area contributed by atoms with Crippen LogP contribution in [0.4, 0.5) is 0 Å². The van der Waals surface area contributed by atoms with Gasteiger partial charge in [0.05, 0.1) is 6.61 Å². The van der Waals surface area contributed by atoms with Crippen LogP contribution in [0.1, 0.15) is 13.3 Å². The zero-order valence-electron chi connectivity index (χ0n) is 5.72. The van der Waals surface area contributed by atoms with E-state index in [0.717, 1.165) is 0 Å². The lowest BCUT2D eigenvalue weighted by atomic mass is 10.3. The molecule has 0 amide bonds.